The van der Waals surface area contributed by atoms with Crippen molar-refractivity contribution in [3.05, 3.63) is 87.0 Å². The summed E-state index contributed by atoms with van der Waals surface area (Å²) in [4.78, 5) is 35.1. The fourth-order valence-electron chi connectivity index (χ4n) is 4.85. The van der Waals surface area contributed by atoms with Crippen LogP contribution in [-0.4, -0.2) is 53.3 Å². The van der Waals surface area contributed by atoms with Gasteiger partial charge in [-0.3, -0.25) is 4.79 Å². The minimum Gasteiger partial charge on any atom is -0.450 e. The molecule has 0 saturated carbocycles. The number of fused-ring (bicyclic) bond motifs is 1. The van der Waals surface area contributed by atoms with Crippen molar-refractivity contribution in [3.8, 4) is 0 Å². The van der Waals surface area contributed by atoms with Crippen molar-refractivity contribution in [2.45, 2.75) is 31.7 Å². The van der Waals surface area contributed by atoms with E-state index in [0.29, 0.717) is 24.7 Å². The van der Waals surface area contributed by atoms with E-state index < -0.39 is 0 Å². The predicted molar refractivity (Wildman–Crippen MR) is 141 cm³/mol. The molecule has 1 aliphatic carbocycles. The first-order valence-corrected chi connectivity index (χ1v) is 13.3. The second-order valence-electron chi connectivity index (χ2n) is 8.91. The second kappa shape index (κ2) is 10.8. The number of hydrogen-bond acceptors (Lipinski definition) is 6. The summed E-state index contributed by atoms with van der Waals surface area (Å²) in [7, 11) is 0. The van der Waals surface area contributed by atoms with E-state index in [2.05, 4.69) is 21.4 Å². The summed E-state index contributed by atoms with van der Waals surface area (Å²) in [5.41, 5.74) is 3.76. The number of rotatable bonds is 6. The van der Waals surface area contributed by atoms with Crippen LogP contribution in [0.1, 0.15) is 36.3 Å². The summed E-state index contributed by atoms with van der Waals surface area (Å²) in [6, 6.07) is 8.01. The molecule has 36 heavy (non-hydrogen) atoms. The number of carbonyl (C=O) groups is 2. The maximum absolute atomic E-state index is 12.4. The number of carbonyl (C=O) groups excluding carboxylic acids is 2. The molecule has 2 atom stereocenters. The van der Waals surface area contributed by atoms with Crippen molar-refractivity contribution >= 4 is 40.6 Å². The van der Waals surface area contributed by atoms with Crippen LogP contribution in [0, 0.1) is 5.92 Å². The van der Waals surface area contributed by atoms with Crippen LogP contribution >= 0.6 is 22.9 Å². The van der Waals surface area contributed by atoms with Crippen LogP contribution in [0.2, 0.25) is 5.02 Å². The maximum Gasteiger partial charge on any atom is 0.409 e. The Bertz CT molecular complexity index is 1240. The van der Waals surface area contributed by atoms with Crippen molar-refractivity contribution in [1.82, 2.24) is 15.2 Å². The Morgan fingerprint density at radius 2 is 2.03 bits per heavy atom. The normalized spacial score (nSPS) is 20.7. The van der Waals surface area contributed by atoms with Gasteiger partial charge in [0, 0.05) is 47.5 Å². The molecule has 0 radical (unpaired) electrons. The number of halogens is 1. The summed E-state index contributed by atoms with van der Waals surface area (Å²) in [5.74, 6) is -0.462. The van der Waals surface area contributed by atoms with Gasteiger partial charge in [-0.15, -0.1) is 11.3 Å². The number of aromatic nitrogens is 1. The van der Waals surface area contributed by atoms with Crippen LogP contribution in [0.15, 0.2) is 76.4 Å². The molecule has 1 saturated heterocycles. The highest BCUT2D eigenvalue weighted by Crippen LogP contribution is 2.38. The zero-order chi connectivity index (χ0) is 25.1. The number of benzene rings is 1. The monoisotopic (exact) mass is 522 g/mol. The molecule has 7 nitrogen and oxygen atoms in total. The van der Waals surface area contributed by atoms with Gasteiger partial charge in [0.15, 0.2) is 0 Å². The third kappa shape index (κ3) is 5.29. The first-order chi connectivity index (χ1) is 17.5. The highest BCUT2D eigenvalue weighted by Gasteiger charge is 2.32. The number of piperidine rings is 1. The Labute approximate surface area is 219 Å². The quantitative estimate of drug-likeness (QED) is 0.569. The molecular formula is C27H27ClN4O3S. The molecular weight excluding hydrogens is 496 g/mol. The number of thiazole rings is 1. The van der Waals surface area contributed by atoms with Crippen LogP contribution in [0.25, 0.3) is 0 Å². The summed E-state index contributed by atoms with van der Waals surface area (Å²) < 4.78 is 5.13. The molecule has 1 fully saturated rings. The van der Waals surface area contributed by atoms with Gasteiger partial charge in [-0.25, -0.2) is 14.8 Å². The summed E-state index contributed by atoms with van der Waals surface area (Å²) in [5, 5.41) is 7.25. The van der Waals surface area contributed by atoms with Crippen molar-refractivity contribution in [3.63, 3.8) is 0 Å². The van der Waals surface area contributed by atoms with Crippen LogP contribution in [0.4, 0.5) is 4.79 Å². The number of amides is 2. The van der Waals surface area contributed by atoms with E-state index >= 15 is 0 Å². The Kier molecular flexibility index (Phi) is 7.34. The molecule has 9 heteroatoms. The predicted octanol–water partition coefficient (Wildman–Crippen LogP) is 5.12. The van der Waals surface area contributed by atoms with Gasteiger partial charge in [-0.2, -0.15) is 0 Å². The van der Waals surface area contributed by atoms with Gasteiger partial charge in [0.25, 0.3) is 5.91 Å². The van der Waals surface area contributed by atoms with E-state index in [9.17, 15) is 9.59 Å². The van der Waals surface area contributed by atoms with Gasteiger partial charge >= 0.3 is 6.09 Å². The Balaban J connectivity index is 1.38. The van der Waals surface area contributed by atoms with Crippen LogP contribution in [0.5, 0.6) is 0 Å². The lowest BCUT2D eigenvalue weighted by Gasteiger charge is -2.35. The van der Waals surface area contributed by atoms with Gasteiger partial charge in [0.05, 0.1) is 24.2 Å². The number of aliphatic imine (C=N–C) groups is 1. The Hall–Kier alpha value is -3.23. The van der Waals surface area contributed by atoms with Crippen LogP contribution in [0.3, 0.4) is 0 Å². The molecule has 2 aromatic rings. The van der Waals surface area contributed by atoms with E-state index in [1.807, 2.05) is 54.9 Å². The molecule has 2 amide bonds. The van der Waals surface area contributed by atoms with Crippen molar-refractivity contribution in [2.75, 3.05) is 19.7 Å². The smallest absolute Gasteiger partial charge is 0.409 e. The van der Waals surface area contributed by atoms with Gasteiger partial charge < -0.3 is 15.0 Å². The summed E-state index contributed by atoms with van der Waals surface area (Å²) in [6.45, 7) is 3.42. The van der Waals surface area contributed by atoms with Gasteiger partial charge in [-0.05, 0) is 49.1 Å². The number of likely N-dealkylation sites (tertiary alicyclic amines) is 1. The minimum absolute atomic E-state index is 0.0493. The van der Waals surface area contributed by atoms with Crippen molar-refractivity contribution in [1.29, 1.82) is 0 Å². The molecule has 1 aromatic heterocycles. The molecule has 3 aliphatic rings. The maximum atomic E-state index is 12.4. The van der Waals surface area contributed by atoms with Crippen molar-refractivity contribution in [2.24, 2.45) is 10.9 Å². The van der Waals surface area contributed by atoms with Crippen LogP contribution in [-0.2, 0) is 9.53 Å². The minimum atomic E-state index is -0.266. The van der Waals surface area contributed by atoms with Crippen LogP contribution < -0.4 is 5.32 Å². The zero-order valence-corrected chi connectivity index (χ0v) is 21.5. The number of nitrogens with zero attached hydrogens (tertiary/aromatic N) is 3. The highest BCUT2D eigenvalue weighted by molar-refractivity contribution is 7.09. The first-order valence-electron chi connectivity index (χ1n) is 12.1. The molecule has 0 bridgehead atoms. The van der Waals surface area contributed by atoms with E-state index in [0.717, 1.165) is 40.4 Å². The third-order valence-corrected chi connectivity index (χ3v) is 7.70. The third-order valence-electron chi connectivity index (χ3n) is 6.60. The zero-order valence-electron chi connectivity index (χ0n) is 19.9. The molecule has 2 unspecified atom stereocenters. The molecule has 0 spiro atoms. The van der Waals surface area contributed by atoms with E-state index in [1.54, 1.807) is 22.3 Å². The molecule has 1 N–H and O–H groups in total. The largest absolute Gasteiger partial charge is 0.450 e. The highest BCUT2D eigenvalue weighted by atomic mass is 35.5. The van der Waals surface area contributed by atoms with E-state index in [4.69, 9.17) is 16.3 Å². The number of dihydropyridines is 1. The van der Waals surface area contributed by atoms with Crippen molar-refractivity contribution < 1.29 is 14.3 Å². The lowest BCUT2D eigenvalue weighted by atomic mass is 9.82. The standard InChI is InChI=1S/C27H27ClN4O3S/c1-2-35-27(34)32-12-9-20(10-13-32)30-23-16-24(33)31-22-8-5-18(15-21(22)23)25(26-29-11-14-36-26)17-3-6-19(28)7-4-17/h3-8,11,14-16,20-21,25,30H,2,9-10,12-13H2,1H3. The summed E-state index contributed by atoms with van der Waals surface area (Å²) >= 11 is 7.76. The Morgan fingerprint density at radius 3 is 2.72 bits per heavy atom. The number of nitrogens with one attached hydrogen (secondary N) is 1. The van der Waals surface area contributed by atoms with Gasteiger partial charge in [-0.1, -0.05) is 35.9 Å². The number of ether oxygens (including phenoxy) is 1. The average Bonchev–Trinajstić information content (AvgIpc) is 3.40. The van der Waals surface area contributed by atoms with Gasteiger partial charge in [0.1, 0.15) is 5.01 Å². The van der Waals surface area contributed by atoms with Gasteiger partial charge in [0.2, 0.25) is 0 Å². The lowest BCUT2D eigenvalue weighted by Crippen LogP contribution is -2.46. The topological polar surface area (TPSA) is 83.9 Å². The lowest BCUT2D eigenvalue weighted by molar-refractivity contribution is -0.113. The molecule has 2 aliphatic heterocycles. The number of hydrogen-bond donors (Lipinski definition) is 1. The summed E-state index contributed by atoms with van der Waals surface area (Å²) in [6.07, 6.45) is 10.9. The van der Waals surface area contributed by atoms with E-state index in [1.165, 1.54) is 0 Å². The SMILES string of the molecule is CCOC(=O)N1CCC(NC2=CC(=O)N=C3C=CC(C(c4ccc(Cl)cc4)c4nccs4)=CC23)CC1. The second-order valence-corrected chi connectivity index (χ2v) is 10.3. The Morgan fingerprint density at radius 1 is 1.25 bits per heavy atom. The fraction of sp³-hybridized carbons (Fsp3) is 0.333. The average molecular weight is 523 g/mol. The fourth-order valence-corrected chi connectivity index (χ4v) is 5.76. The first kappa shape index (κ1) is 24.5. The number of allylic oxidation sites excluding steroid dienone is 4. The molecule has 186 valence electrons. The molecule has 3 heterocycles. The molecule has 5 rings (SSSR count). The van der Waals surface area contributed by atoms with E-state index in [-0.39, 0.29) is 29.9 Å². The molecule has 1 aromatic carbocycles.